The highest BCUT2D eigenvalue weighted by molar-refractivity contribution is 7.91. The van der Waals surface area contributed by atoms with Gasteiger partial charge in [0.1, 0.15) is 0 Å². The standard InChI is InChI=1S/C15H23NO2S/c1-3-19(17,18)8-7-16-15-10-14(11-15)13-6-4-5-12(2)9-13/h4-6,9,14-16H,3,7-8,10-11H2,1-2H3. The van der Waals surface area contributed by atoms with Crippen molar-refractivity contribution in [3.63, 3.8) is 0 Å². The van der Waals surface area contributed by atoms with Crippen LogP contribution < -0.4 is 5.32 Å². The fourth-order valence-corrected chi connectivity index (χ4v) is 3.26. The molecule has 0 bridgehead atoms. The van der Waals surface area contributed by atoms with Gasteiger partial charge in [0.2, 0.25) is 0 Å². The van der Waals surface area contributed by atoms with E-state index in [1.807, 2.05) is 0 Å². The van der Waals surface area contributed by atoms with Crippen LogP contribution >= 0.6 is 0 Å². The summed E-state index contributed by atoms with van der Waals surface area (Å²) in [6.45, 7) is 4.40. The first-order valence-electron chi connectivity index (χ1n) is 7.00. The van der Waals surface area contributed by atoms with E-state index in [0.717, 1.165) is 12.8 Å². The zero-order valence-electron chi connectivity index (χ0n) is 11.7. The van der Waals surface area contributed by atoms with Gasteiger partial charge < -0.3 is 5.32 Å². The molecule has 0 atom stereocenters. The van der Waals surface area contributed by atoms with Gasteiger partial charge in [0, 0.05) is 18.3 Å². The fourth-order valence-electron chi connectivity index (χ4n) is 2.54. The first-order chi connectivity index (χ1) is 9.00. The van der Waals surface area contributed by atoms with Crippen molar-refractivity contribution in [1.82, 2.24) is 5.32 Å². The lowest BCUT2D eigenvalue weighted by Gasteiger charge is -2.36. The topological polar surface area (TPSA) is 46.2 Å². The zero-order chi connectivity index (χ0) is 13.9. The minimum absolute atomic E-state index is 0.241. The van der Waals surface area contributed by atoms with Gasteiger partial charge in [-0.15, -0.1) is 0 Å². The first kappa shape index (κ1) is 14.5. The quantitative estimate of drug-likeness (QED) is 0.870. The third kappa shape index (κ3) is 4.05. The average molecular weight is 281 g/mol. The number of rotatable bonds is 6. The van der Waals surface area contributed by atoms with Crippen molar-refractivity contribution in [2.75, 3.05) is 18.1 Å². The highest BCUT2D eigenvalue weighted by Crippen LogP contribution is 2.36. The molecule has 1 aliphatic rings. The van der Waals surface area contributed by atoms with E-state index in [9.17, 15) is 8.42 Å². The SMILES string of the molecule is CCS(=O)(=O)CCNC1CC(c2cccc(C)c2)C1. The molecule has 1 aromatic carbocycles. The van der Waals surface area contributed by atoms with E-state index in [2.05, 4.69) is 36.5 Å². The maximum absolute atomic E-state index is 11.4. The normalized spacial score (nSPS) is 23.1. The van der Waals surface area contributed by atoms with Crippen molar-refractivity contribution < 1.29 is 8.42 Å². The Labute approximate surface area is 116 Å². The van der Waals surface area contributed by atoms with Gasteiger partial charge in [0.05, 0.1) is 5.75 Å². The summed E-state index contributed by atoms with van der Waals surface area (Å²) in [5.74, 6) is 1.14. The summed E-state index contributed by atoms with van der Waals surface area (Å²) in [6, 6.07) is 9.16. The number of benzene rings is 1. The lowest BCUT2D eigenvalue weighted by molar-refractivity contribution is 0.296. The van der Waals surface area contributed by atoms with Crippen LogP contribution in [0.3, 0.4) is 0 Å². The molecule has 4 heteroatoms. The molecule has 0 unspecified atom stereocenters. The molecule has 106 valence electrons. The molecule has 1 saturated carbocycles. The van der Waals surface area contributed by atoms with E-state index >= 15 is 0 Å². The molecule has 0 amide bonds. The molecule has 2 rings (SSSR count). The van der Waals surface area contributed by atoms with Crippen molar-refractivity contribution in [2.24, 2.45) is 0 Å². The van der Waals surface area contributed by atoms with Crippen LogP contribution in [0.15, 0.2) is 24.3 Å². The van der Waals surface area contributed by atoms with Crippen molar-refractivity contribution in [3.8, 4) is 0 Å². The van der Waals surface area contributed by atoms with Crippen molar-refractivity contribution in [3.05, 3.63) is 35.4 Å². The van der Waals surface area contributed by atoms with Crippen LogP contribution in [0.25, 0.3) is 0 Å². The zero-order valence-corrected chi connectivity index (χ0v) is 12.5. The Morgan fingerprint density at radius 1 is 1.32 bits per heavy atom. The molecule has 19 heavy (non-hydrogen) atoms. The Balaban J connectivity index is 1.72. The second kappa shape index (κ2) is 6.06. The van der Waals surface area contributed by atoms with Gasteiger partial charge in [0.15, 0.2) is 9.84 Å². The summed E-state index contributed by atoms with van der Waals surface area (Å²) in [6.07, 6.45) is 2.24. The smallest absolute Gasteiger partial charge is 0.151 e. The predicted molar refractivity (Wildman–Crippen MR) is 79.3 cm³/mol. The molecule has 0 spiro atoms. The van der Waals surface area contributed by atoms with Crippen LogP contribution in [0, 0.1) is 6.92 Å². The fraction of sp³-hybridized carbons (Fsp3) is 0.600. The molecule has 3 nitrogen and oxygen atoms in total. The van der Waals surface area contributed by atoms with E-state index in [-0.39, 0.29) is 11.5 Å². The molecule has 1 aliphatic carbocycles. The molecule has 0 radical (unpaired) electrons. The van der Waals surface area contributed by atoms with Gasteiger partial charge in [-0.05, 0) is 31.2 Å². The molecular formula is C15H23NO2S. The van der Waals surface area contributed by atoms with Crippen LogP contribution in [0.5, 0.6) is 0 Å². The summed E-state index contributed by atoms with van der Waals surface area (Å²) in [7, 11) is -2.83. The number of nitrogens with one attached hydrogen (secondary N) is 1. The molecular weight excluding hydrogens is 258 g/mol. The maximum atomic E-state index is 11.4. The van der Waals surface area contributed by atoms with Crippen LogP contribution in [-0.4, -0.2) is 32.5 Å². The number of aryl methyl sites for hydroxylation is 1. The summed E-state index contributed by atoms with van der Waals surface area (Å²) in [4.78, 5) is 0. The third-order valence-corrected chi connectivity index (χ3v) is 5.64. The summed E-state index contributed by atoms with van der Waals surface area (Å²) in [5, 5.41) is 3.34. The summed E-state index contributed by atoms with van der Waals surface area (Å²) < 4.78 is 22.7. The minimum Gasteiger partial charge on any atom is -0.313 e. The van der Waals surface area contributed by atoms with Gasteiger partial charge in [-0.2, -0.15) is 0 Å². The maximum Gasteiger partial charge on any atom is 0.151 e. The Bertz CT molecular complexity index is 519. The largest absolute Gasteiger partial charge is 0.313 e. The highest BCUT2D eigenvalue weighted by Gasteiger charge is 2.29. The van der Waals surface area contributed by atoms with Crippen molar-refractivity contribution in [1.29, 1.82) is 0 Å². The first-order valence-corrected chi connectivity index (χ1v) is 8.82. The summed E-state index contributed by atoms with van der Waals surface area (Å²) >= 11 is 0. The monoisotopic (exact) mass is 281 g/mol. The van der Waals surface area contributed by atoms with Gasteiger partial charge in [-0.25, -0.2) is 8.42 Å². The predicted octanol–water partition coefficient (Wildman–Crippen LogP) is 2.27. The molecule has 0 aliphatic heterocycles. The van der Waals surface area contributed by atoms with Crippen LogP contribution in [0.1, 0.15) is 36.8 Å². The lowest BCUT2D eigenvalue weighted by Crippen LogP contribution is -2.42. The molecule has 1 aromatic rings. The number of hydrogen-bond donors (Lipinski definition) is 1. The highest BCUT2D eigenvalue weighted by atomic mass is 32.2. The molecule has 0 saturated heterocycles. The van der Waals surface area contributed by atoms with E-state index in [1.54, 1.807) is 6.92 Å². The van der Waals surface area contributed by atoms with Crippen LogP contribution in [-0.2, 0) is 9.84 Å². The second-order valence-electron chi connectivity index (χ2n) is 5.47. The van der Waals surface area contributed by atoms with Crippen molar-refractivity contribution in [2.45, 2.75) is 38.6 Å². The second-order valence-corrected chi connectivity index (χ2v) is 7.94. The Hall–Kier alpha value is -0.870. The minimum atomic E-state index is -2.83. The van der Waals surface area contributed by atoms with Gasteiger partial charge in [0.25, 0.3) is 0 Å². The Morgan fingerprint density at radius 3 is 2.68 bits per heavy atom. The van der Waals surface area contributed by atoms with Crippen LogP contribution in [0.2, 0.25) is 0 Å². The molecule has 1 fully saturated rings. The average Bonchev–Trinajstić information content (AvgIpc) is 2.32. The van der Waals surface area contributed by atoms with E-state index < -0.39 is 9.84 Å². The van der Waals surface area contributed by atoms with E-state index in [4.69, 9.17) is 0 Å². The number of sulfone groups is 1. The third-order valence-electron chi connectivity index (χ3n) is 3.94. The molecule has 0 heterocycles. The van der Waals surface area contributed by atoms with E-state index in [1.165, 1.54) is 11.1 Å². The van der Waals surface area contributed by atoms with E-state index in [0.29, 0.717) is 18.5 Å². The Kier molecular flexibility index (Phi) is 4.63. The Morgan fingerprint density at radius 2 is 2.05 bits per heavy atom. The summed E-state index contributed by atoms with van der Waals surface area (Å²) in [5.41, 5.74) is 2.72. The van der Waals surface area contributed by atoms with Crippen LogP contribution in [0.4, 0.5) is 0 Å². The van der Waals surface area contributed by atoms with Gasteiger partial charge in [-0.1, -0.05) is 36.8 Å². The lowest BCUT2D eigenvalue weighted by atomic mass is 9.75. The van der Waals surface area contributed by atoms with Crippen molar-refractivity contribution >= 4 is 9.84 Å². The van der Waals surface area contributed by atoms with Gasteiger partial charge >= 0.3 is 0 Å². The molecule has 0 aromatic heterocycles. The number of hydrogen-bond acceptors (Lipinski definition) is 3. The molecule has 1 N–H and O–H groups in total. The van der Waals surface area contributed by atoms with Gasteiger partial charge in [-0.3, -0.25) is 0 Å².